The van der Waals surface area contributed by atoms with Gasteiger partial charge in [-0.1, -0.05) is 64.7 Å². The van der Waals surface area contributed by atoms with Crippen molar-refractivity contribution >= 4 is 0 Å². The van der Waals surface area contributed by atoms with E-state index in [-0.39, 0.29) is 0 Å². The molecule has 0 aromatic heterocycles. The molecule has 0 aliphatic carbocycles. The highest BCUT2D eigenvalue weighted by Crippen LogP contribution is 2.10. The van der Waals surface area contributed by atoms with Crippen LogP contribution in [0.1, 0.15) is 71.1 Å². The van der Waals surface area contributed by atoms with Crippen LogP contribution in [-0.4, -0.2) is 13.3 Å². The summed E-state index contributed by atoms with van der Waals surface area (Å²) in [4.78, 5) is 0. The number of hydrogen-bond donors (Lipinski definition) is 2. The molecule has 0 heterocycles. The van der Waals surface area contributed by atoms with E-state index in [0.29, 0.717) is 6.73 Å². The van der Waals surface area contributed by atoms with Crippen LogP contribution in [0, 0.1) is 0 Å². The Labute approximate surface area is 101 Å². The Morgan fingerprint density at radius 2 is 1.31 bits per heavy atom. The van der Waals surface area contributed by atoms with E-state index in [9.17, 15) is 0 Å². The Morgan fingerprint density at radius 3 is 1.81 bits per heavy atom. The zero-order valence-corrected chi connectivity index (χ0v) is 11.0. The third kappa shape index (κ3) is 13.9. The molecule has 0 amide bonds. The van der Waals surface area contributed by atoms with Crippen LogP contribution in [0.25, 0.3) is 0 Å². The molecular weight excluding hydrogens is 200 g/mol. The van der Waals surface area contributed by atoms with E-state index < -0.39 is 0 Å². The molecule has 98 valence electrons. The molecule has 0 aromatic rings. The summed E-state index contributed by atoms with van der Waals surface area (Å²) < 4.78 is 5.22. The number of nitrogens with one attached hydrogen (secondary N) is 1. The van der Waals surface area contributed by atoms with Crippen molar-refractivity contribution in [2.24, 2.45) is 5.84 Å². The SMILES string of the molecule is CCCCCCCCCCCCOCNN. The first-order chi connectivity index (χ1) is 7.91. The van der Waals surface area contributed by atoms with E-state index in [2.05, 4.69) is 12.3 Å². The second-order valence-corrected chi connectivity index (χ2v) is 4.44. The summed E-state index contributed by atoms with van der Waals surface area (Å²) in [5.74, 6) is 5.08. The van der Waals surface area contributed by atoms with E-state index >= 15 is 0 Å². The fourth-order valence-electron chi connectivity index (χ4n) is 1.82. The van der Waals surface area contributed by atoms with Crippen molar-refractivity contribution < 1.29 is 4.74 Å². The maximum Gasteiger partial charge on any atom is 0.109 e. The van der Waals surface area contributed by atoms with Gasteiger partial charge in [0.05, 0.1) is 0 Å². The summed E-state index contributed by atoms with van der Waals surface area (Å²) in [6.07, 6.45) is 13.6. The zero-order chi connectivity index (χ0) is 11.9. The molecule has 0 atom stereocenters. The van der Waals surface area contributed by atoms with Gasteiger partial charge in [-0.15, -0.1) is 0 Å². The van der Waals surface area contributed by atoms with Gasteiger partial charge < -0.3 is 4.74 Å². The lowest BCUT2D eigenvalue weighted by Crippen LogP contribution is -2.25. The Bertz CT molecular complexity index is 107. The van der Waals surface area contributed by atoms with Crippen molar-refractivity contribution in [2.75, 3.05) is 13.3 Å². The Balaban J connectivity index is 2.83. The first-order valence-electron chi connectivity index (χ1n) is 6.93. The number of unbranched alkanes of at least 4 members (excludes halogenated alkanes) is 9. The number of hydrogen-bond acceptors (Lipinski definition) is 3. The van der Waals surface area contributed by atoms with Crippen LogP contribution >= 0.6 is 0 Å². The minimum absolute atomic E-state index is 0.470. The second-order valence-electron chi connectivity index (χ2n) is 4.44. The molecule has 0 bridgehead atoms. The molecule has 0 saturated heterocycles. The van der Waals surface area contributed by atoms with Gasteiger partial charge in [0.1, 0.15) is 6.73 Å². The van der Waals surface area contributed by atoms with Gasteiger partial charge in [-0.25, -0.2) is 5.43 Å². The molecule has 0 saturated carbocycles. The molecule has 16 heavy (non-hydrogen) atoms. The van der Waals surface area contributed by atoms with Crippen molar-refractivity contribution in [3.05, 3.63) is 0 Å². The average molecular weight is 230 g/mol. The zero-order valence-electron chi connectivity index (χ0n) is 11.0. The third-order valence-electron chi connectivity index (χ3n) is 2.83. The lowest BCUT2D eigenvalue weighted by atomic mass is 10.1. The molecule has 3 N–H and O–H groups in total. The molecular formula is C13H30N2O. The minimum Gasteiger partial charge on any atom is -0.365 e. The lowest BCUT2D eigenvalue weighted by Gasteiger charge is -2.03. The molecule has 0 aliphatic rings. The van der Waals surface area contributed by atoms with Gasteiger partial charge in [0.25, 0.3) is 0 Å². The van der Waals surface area contributed by atoms with Crippen molar-refractivity contribution in [2.45, 2.75) is 71.1 Å². The molecule has 0 aliphatic heterocycles. The fraction of sp³-hybridized carbons (Fsp3) is 1.00. The van der Waals surface area contributed by atoms with E-state index in [0.717, 1.165) is 13.0 Å². The van der Waals surface area contributed by atoms with Crippen LogP contribution < -0.4 is 11.3 Å². The number of rotatable bonds is 13. The van der Waals surface area contributed by atoms with Gasteiger partial charge in [-0.2, -0.15) is 0 Å². The number of nitrogens with two attached hydrogens (primary N) is 1. The Kier molecular flexibility index (Phi) is 14.8. The maximum atomic E-state index is 5.22. The largest absolute Gasteiger partial charge is 0.365 e. The van der Waals surface area contributed by atoms with Gasteiger partial charge >= 0.3 is 0 Å². The van der Waals surface area contributed by atoms with Crippen LogP contribution in [0.3, 0.4) is 0 Å². The monoisotopic (exact) mass is 230 g/mol. The summed E-state index contributed by atoms with van der Waals surface area (Å²) in [6.45, 7) is 3.57. The summed E-state index contributed by atoms with van der Waals surface area (Å²) in [7, 11) is 0. The van der Waals surface area contributed by atoms with Crippen molar-refractivity contribution in [1.29, 1.82) is 0 Å². The average Bonchev–Trinajstić information content (AvgIpc) is 2.31. The van der Waals surface area contributed by atoms with E-state index in [4.69, 9.17) is 10.6 Å². The first-order valence-corrected chi connectivity index (χ1v) is 6.93. The molecule has 3 nitrogen and oxygen atoms in total. The topological polar surface area (TPSA) is 47.3 Å². The van der Waals surface area contributed by atoms with Crippen LogP contribution in [0.4, 0.5) is 0 Å². The predicted octanol–water partition coefficient (Wildman–Crippen LogP) is 3.34. The summed E-state index contributed by atoms with van der Waals surface area (Å²) in [5, 5.41) is 0. The summed E-state index contributed by atoms with van der Waals surface area (Å²) in [6, 6.07) is 0. The predicted molar refractivity (Wildman–Crippen MR) is 70.0 cm³/mol. The maximum absolute atomic E-state index is 5.22. The number of ether oxygens (including phenoxy) is 1. The van der Waals surface area contributed by atoms with Crippen LogP contribution in [0.15, 0.2) is 0 Å². The molecule has 0 rings (SSSR count). The highest BCUT2D eigenvalue weighted by Gasteiger charge is 1.92. The molecule has 0 spiro atoms. The van der Waals surface area contributed by atoms with Gasteiger partial charge in [0.2, 0.25) is 0 Å². The highest BCUT2D eigenvalue weighted by atomic mass is 16.5. The standard InChI is InChI=1S/C13H30N2O/c1-2-3-4-5-6-7-8-9-10-11-12-16-13-15-14/h15H,2-14H2,1H3. The number of hydrazine groups is 1. The second kappa shape index (κ2) is 14.9. The van der Waals surface area contributed by atoms with E-state index in [1.165, 1.54) is 57.8 Å². The smallest absolute Gasteiger partial charge is 0.109 e. The van der Waals surface area contributed by atoms with E-state index in [1.54, 1.807) is 0 Å². The first kappa shape index (κ1) is 15.9. The fourth-order valence-corrected chi connectivity index (χ4v) is 1.82. The van der Waals surface area contributed by atoms with Gasteiger partial charge in [-0.05, 0) is 6.42 Å². The molecule has 0 radical (unpaired) electrons. The Hall–Kier alpha value is -0.120. The molecule has 0 aromatic carbocycles. The van der Waals surface area contributed by atoms with Crippen molar-refractivity contribution in [1.82, 2.24) is 5.43 Å². The van der Waals surface area contributed by atoms with Gasteiger partial charge in [0.15, 0.2) is 0 Å². The van der Waals surface area contributed by atoms with Crippen molar-refractivity contribution in [3.63, 3.8) is 0 Å². The minimum atomic E-state index is 0.470. The highest BCUT2D eigenvalue weighted by molar-refractivity contribution is 4.47. The Morgan fingerprint density at radius 1 is 0.812 bits per heavy atom. The summed E-state index contributed by atoms with van der Waals surface area (Å²) >= 11 is 0. The van der Waals surface area contributed by atoms with Gasteiger partial charge in [0, 0.05) is 6.61 Å². The molecule has 0 unspecified atom stereocenters. The third-order valence-corrected chi connectivity index (χ3v) is 2.83. The van der Waals surface area contributed by atoms with Crippen LogP contribution in [-0.2, 0) is 4.74 Å². The van der Waals surface area contributed by atoms with Crippen LogP contribution in [0.2, 0.25) is 0 Å². The van der Waals surface area contributed by atoms with E-state index in [1.807, 2.05) is 0 Å². The van der Waals surface area contributed by atoms with Crippen LogP contribution in [0.5, 0.6) is 0 Å². The molecule has 3 heteroatoms. The summed E-state index contributed by atoms with van der Waals surface area (Å²) in [5.41, 5.74) is 2.48. The lowest BCUT2D eigenvalue weighted by molar-refractivity contribution is 0.113. The molecule has 0 fully saturated rings. The van der Waals surface area contributed by atoms with Gasteiger partial charge in [-0.3, -0.25) is 5.84 Å². The van der Waals surface area contributed by atoms with Crippen molar-refractivity contribution in [3.8, 4) is 0 Å². The normalized spacial score (nSPS) is 10.9. The quantitative estimate of drug-likeness (QED) is 0.221.